The lowest BCUT2D eigenvalue weighted by Crippen LogP contribution is -1.95. The van der Waals surface area contributed by atoms with Gasteiger partial charge in [0.25, 0.3) is 5.88 Å². The lowest BCUT2D eigenvalue weighted by molar-refractivity contribution is 0.397. The van der Waals surface area contributed by atoms with E-state index in [2.05, 4.69) is 4.98 Å². The highest BCUT2D eigenvalue weighted by molar-refractivity contribution is 14.1. The van der Waals surface area contributed by atoms with Crippen molar-refractivity contribution < 1.29 is 13.9 Å². The third-order valence-electron chi connectivity index (χ3n) is 2.40. The first-order valence-corrected chi connectivity index (χ1v) is 6.32. The van der Waals surface area contributed by atoms with Crippen LogP contribution in [0.4, 0.5) is 4.39 Å². The first kappa shape index (κ1) is 13.1. The monoisotopic (exact) mass is 359 g/mol. The molecule has 0 aliphatic rings. The molecule has 0 aliphatic carbocycles. The van der Waals surface area contributed by atoms with Crippen LogP contribution < -0.4 is 9.47 Å². The second-order valence-corrected chi connectivity index (χ2v) is 4.81. The van der Waals surface area contributed by atoms with Gasteiger partial charge in [-0.2, -0.15) is 4.39 Å². The molecule has 2 rings (SSSR count). The molecule has 0 amide bonds. The van der Waals surface area contributed by atoms with Crippen LogP contribution in [-0.4, -0.2) is 12.1 Å². The van der Waals surface area contributed by atoms with Gasteiger partial charge in [0.05, 0.1) is 10.7 Å². The van der Waals surface area contributed by atoms with Crippen molar-refractivity contribution in [3.05, 3.63) is 45.4 Å². The number of aromatic nitrogens is 1. The zero-order chi connectivity index (χ0) is 13.1. The highest BCUT2D eigenvalue weighted by Crippen LogP contribution is 2.29. The van der Waals surface area contributed by atoms with Gasteiger partial charge in [-0.1, -0.05) is 6.07 Å². The first-order valence-electron chi connectivity index (χ1n) is 5.24. The van der Waals surface area contributed by atoms with Gasteiger partial charge >= 0.3 is 0 Å². The van der Waals surface area contributed by atoms with Crippen molar-refractivity contribution in [2.45, 2.75) is 6.92 Å². The molecule has 3 nitrogen and oxygen atoms in total. The Morgan fingerprint density at radius 3 is 2.78 bits per heavy atom. The summed E-state index contributed by atoms with van der Waals surface area (Å²) in [6.07, 6.45) is 1.51. The molecule has 0 unspecified atom stereocenters. The van der Waals surface area contributed by atoms with Crippen molar-refractivity contribution in [3.8, 4) is 17.4 Å². The number of nitrogens with zero attached hydrogens (tertiary/aromatic N) is 1. The van der Waals surface area contributed by atoms with Crippen LogP contribution in [-0.2, 0) is 0 Å². The van der Waals surface area contributed by atoms with Crippen LogP contribution in [0, 0.1) is 16.3 Å². The average molecular weight is 359 g/mol. The van der Waals surface area contributed by atoms with Crippen LogP contribution in [0.25, 0.3) is 0 Å². The van der Waals surface area contributed by atoms with Crippen LogP contribution in [0.2, 0.25) is 0 Å². The normalized spacial score (nSPS) is 10.2. The van der Waals surface area contributed by atoms with Crippen molar-refractivity contribution in [3.63, 3.8) is 0 Å². The van der Waals surface area contributed by atoms with E-state index >= 15 is 0 Å². The van der Waals surface area contributed by atoms with Crippen molar-refractivity contribution >= 4 is 22.6 Å². The lowest BCUT2D eigenvalue weighted by atomic mass is 10.2. The van der Waals surface area contributed by atoms with Gasteiger partial charge in [0.2, 0.25) is 0 Å². The lowest BCUT2D eigenvalue weighted by Gasteiger charge is -2.09. The predicted octanol–water partition coefficient (Wildman–Crippen LogP) is 3.93. The number of pyridine rings is 1. The third-order valence-corrected chi connectivity index (χ3v) is 3.24. The van der Waals surface area contributed by atoms with Crippen molar-refractivity contribution in [2.75, 3.05) is 7.11 Å². The zero-order valence-electron chi connectivity index (χ0n) is 9.91. The molecule has 2 aromatic rings. The van der Waals surface area contributed by atoms with Crippen LogP contribution >= 0.6 is 22.6 Å². The Labute approximate surface area is 118 Å². The standard InChI is InChI=1S/C13H11FINO2/c1-8-3-4-9(7-11(8)17-2)18-13-12(14)10(15)5-6-16-13/h3-7H,1-2H3. The Kier molecular flexibility index (Phi) is 4.00. The van der Waals surface area contributed by atoms with E-state index in [1.807, 2.05) is 35.6 Å². The number of hydrogen-bond donors (Lipinski definition) is 0. The molecule has 1 aromatic carbocycles. The van der Waals surface area contributed by atoms with E-state index < -0.39 is 5.82 Å². The number of hydrogen-bond acceptors (Lipinski definition) is 3. The maximum Gasteiger partial charge on any atom is 0.257 e. The molecule has 94 valence electrons. The minimum Gasteiger partial charge on any atom is -0.496 e. The summed E-state index contributed by atoms with van der Waals surface area (Å²) in [6, 6.07) is 6.88. The molecule has 0 N–H and O–H groups in total. The number of benzene rings is 1. The summed E-state index contributed by atoms with van der Waals surface area (Å²) in [6.45, 7) is 1.92. The Morgan fingerprint density at radius 1 is 1.28 bits per heavy atom. The summed E-state index contributed by atoms with van der Waals surface area (Å²) < 4.78 is 24.8. The minimum absolute atomic E-state index is 0.0344. The second kappa shape index (κ2) is 5.51. The molecular weight excluding hydrogens is 348 g/mol. The fourth-order valence-corrected chi connectivity index (χ4v) is 1.84. The van der Waals surface area contributed by atoms with Gasteiger partial charge in [-0.15, -0.1) is 0 Å². The van der Waals surface area contributed by atoms with Gasteiger partial charge in [0.1, 0.15) is 11.5 Å². The molecular formula is C13H11FINO2. The summed E-state index contributed by atoms with van der Waals surface area (Å²) in [5.41, 5.74) is 0.987. The van der Waals surface area contributed by atoms with Gasteiger partial charge in [0.15, 0.2) is 5.82 Å². The predicted molar refractivity (Wildman–Crippen MR) is 74.7 cm³/mol. The molecule has 0 bridgehead atoms. The largest absolute Gasteiger partial charge is 0.496 e. The second-order valence-electron chi connectivity index (χ2n) is 3.65. The number of ether oxygens (including phenoxy) is 2. The first-order chi connectivity index (χ1) is 8.61. The van der Waals surface area contributed by atoms with Crippen LogP contribution in [0.15, 0.2) is 30.5 Å². The number of aryl methyl sites for hydroxylation is 1. The van der Waals surface area contributed by atoms with Gasteiger partial charge < -0.3 is 9.47 Å². The van der Waals surface area contributed by atoms with E-state index in [0.717, 1.165) is 5.56 Å². The molecule has 0 aliphatic heterocycles. The van der Waals surface area contributed by atoms with Crippen molar-refractivity contribution in [1.29, 1.82) is 0 Å². The molecule has 5 heteroatoms. The molecule has 0 fully saturated rings. The Hall–Kier alpha value is -1.37. The summed E-state index contributed by atoms with van der Waals surface area (Å²) in [7, 11) is 1.58. The van der Waals surface area contributed by atoms with Crippen molar-refractivity contribution in [2.24, 2.45) is 0 Å². The Bertz CT molecular complexity index is 575. The number of methoxy groups -OCH3 is 1. The van der Waals surface area contributed by atoms with Gasteiger partial charge in [0, 0.05) is 12.3 Å². The number of halogens is 2. The summed E-state index contributed by atoms with van der Waals surface area (Å²) in [5, 5.41) is 0. The summed E-state index contributed by atoms with van der Waals surface area (Å²) in [5.74, 6) is 0.690. The highest BCUT2D eigenvalue weighted by Gasteiger charge is 2.10. The van der Waals surface area contributed by atoms with E-state index in [1.54, 1.807) is 25.3 Å². The minimum atomic E-state index is -0.461. The van der Waals surface area contributed by atoms with Gasteiger partial charge in [-0.3, -0.25) is 0 Å². The topological polar surface area (TPSA) is 31.4 Å². The van der Waals surface area contributed by atoms with E-state index in [1.165, 1.54) is 6.20 Å². The van der Waals surface area contributed by atoms with Gasteiger partial charge in [-0.05, 0) is 47.2 Å². The van der Waals surface area contributed by atoms with Crippen LogP contribution in [0.5, 0.6) is 17.4 Å². The summed E-state index contributed by atoms with van der Waals surface area (Å²) >= 11 is 1.89. The average Bonchev–Trinajstić information content (AvgIpc) is 2.37. The molecule has 1 aromatic heterocycles. The maximum absolute atomic E-state index is 13.7. The van der Waals surface area contributed by atoms with Crippen LogP contribution in [0.1, 0.15) is 5.56 Å². The zero-order valence-corrected chi connectivity index (χ0v) is 12.1. The Morgan fingerprint density at radius 2 is 2.06 bits per heavy atom. The molecule has 0 saturated carbocycles. The SMILES string of the molecule is COc1cc(Oc2nccc(I)c2F)ccc1C. The smallest absolute Gasteiger partial charge is 0.257 e. The van der Waals surface area contributed by atoms with E-state index in [-0.39, 0.29) is 5.88 Å². The van der Waals surface area contributed by atoms with E-state index in [0.29, 0.717) is 15.1 Å². The molecule has 18 heavy (non-hydrogen) atoms. The molecule has 0 saturated heterocycles. The fraction of sp³-hybridized carbons (Fsp3) is 0.154. The maximum atomic E-state index is 13.7. The number of rotatable bonds is 3. The third kappa shape index (κ3) is 2.72. The highest BCUT2D eigenvalue weighted by atomic mass is 127. The Balaban J connectivity index is 2.31. The van der Waals surface area contributed by atoms with Crippen LogP contribution in [0.3, 0.4) is 0 Å². The van der Waals surface area contributed by atoms with Crippen molar-refractivity contribution in [1.82, 2.24) is 4.98 Å². The van der Waals surface area contributed by atoms with E-state index in [9.17, 15) is 4.39 Å². The fourth-order valence-electron chi connectivity index (χ4n) is 1.45. The van der Waals surface area contributed by atoms with Gasteiger partial charge in [-0.25, -0.2) is 4.98 Å². The van der Waals surface area contributed by atoms with E-state index in [4.69, 9.17) is 9.47 Å². The molecule has 1 heterocycles. The quantitative estimate of drug-likeness (QED) is 0.779. The molecule has 0 spiro atoms. The molecule has 0 atom stereocenters. The molecule has 0 radical (unpaired) electrons. The summed E-state index contributed by atoms with van der Waals surface area (Å²) in [4.78, 5) is 3.87.